The number of halogens is 1. The second-order valence-corrected chi connectivity index (χ2v) is 4.80. The fourth-order valence-electron chi connectivity index (χ4n) is 3.01. The van der Waals surface area contributed by atoms with Crippen molar-refractivity contribution >= 4 is 5.69 Å². The van der Waals surface area contributed by atoms with E-state index in [0.29, 0.717) is 6.04 Å². The monoisotopic (exact) mass is 225 g/mol. The molecule has 1 fully saturated rings. The summed E-state index contributed by atoms with van der Waals surface area (Å²) in [5, 5.41) is 10.2. The summed E-state index contributed by atoms with van der Waals surface area (Å²) < 4.78 is 0. The fraction of sp³-hybridized carbons (Fsp3) is 0.500. The average Bonchev–Trinajstić information content (AvgIpc) is 2.65. The lowest BCUT2D eigenvalue weighted by atomic mass is 9.94. The van der Waals surface area contributed by atoms with Crippen LogP contribution in [0, 0.1) is 0 Å². The lowest BCUT2D eigenvalue weighted by Gasteiger charge is -2.21. The average molecular weight is 226 g/mol. The molecular weight excluding hydrogens is 210 g/mol. The van der Waals surface area contributed by atoms with Crippen LogP contribution in [0.2, 0.25) is 0 Å². The number of quaternary nitrogens is 1. The van der Waals surface area contributed by atoms with E-state index in [1.807, 2.05) is 6.92 Å². The molecule has 3 atom stereocenters. The van der Waals surface area contributed by atoms with Crippen LogP contribution in [-0.2, 0) is 6.42 Å². The Morgan fingerprint density at radius 2 is 2.13 bits per heavy atom. The largest absolute Gasteiger partial charge is 1.00 e. The molecule has 2 nitrogen and oxygen atoms in total. The summed E-state index contributed by atoms with van der Waals surface area (Å²) in [6, 6.07) is 8.97. The standard InChI is InChI=1S/C12H15NO.ClH/c1-12(14)6-7-13-10-5-3-2-4-9(10)8-11(12)13;/h2-5,11,14H,6-8H2,1H3;1H/t11-,12+;/m1./s1. The Hall–Kier alpha value is -0.570. The van der Waals surface area contributed by atoms with Gasteiger partial charge in [0.15, 0.2) is 0 Å². The van der Waals surface area contributed by atoms with E-state index in [1.165, 1.54) is 16.2 Å². The topological polar surface area (TPSA) is 24.7 Å². The Bertz CT molecular complexity index is 378. The number of para-hydroxylation sites is 1. The first-order chi connectivity index (χ1) is 6.68. The van der Waals surface area contributed by atoms with Crippen molar-refractivity contribution < 1.29 is 22.4 Å². The molecule has 2 heterocycles. The number of hydrogen-bond donors (Lipinski definition) is 2. The Morgan fingerprint density at radius 1 is 1.40 bits per heavy atom. The van der Waals surface area contributed by atoms with E-state index < -0.39 is 5.60 Å². The van der Waals surface area contributed by atoms with Crippen molar-refractivity contribution in [2.45, 2.75) is 31.4 Å². The summed E-state index contributed by atoms with van der Waals surface area (Å²) in [5.41, 5.74) is 2.37. The Morgan fingerprint density at radius 3 is 2.93 bits per heavy atom. The van der Waals surface area contributed by atoms with Gasteiger partial charge < -0.3 is 17.5 Å². The highest BCUT2D eigenvalue weighted by Gasteiger charge is 2.51. The summed E-state index contributed by atoms with van der Waals surface area (Å²) in [6.45, 7) is 3.06. The van der Waals surface area contributed by atoms with Gasteiger partial charge in [-0.15, -0.1) is 0 Å². The highest BCUT2D eigenvalue weighted by Crippen LogP contribution is 2.29. The number of rotatable bonds is 0. The first kappa shape index (κ1) is 10.9. The molecule has 0 aliphatic carbocycles. The molecule has 1 aromatic carbocycles. The third-order valence-corrected chi connectivity index (χ3v) is 3.86. The Balaban J connectivity index is 0.000000853. The molecule has 0 aromatic heterocycles. The van der Waals surface area contributed by atoms with Gasteiger partial charge in [0.2, 0.25) is 0 Å². The number of benzene rings is 1. The third kappa shape index (κ3) is 1.48. The van der Waals surface area contributed by atoms with E-state index >= 15 is 0 Å². The molecule has 3 heteroatoms. The molecule has 1 unspecified atom stereocenters. The summed E-state index contributed by atoms with van der Waals surface area (Å²) in [7, 11) is 0. The van der Waals surface area contributed by atoms with Crippen LogP contribution in [0.3, 0.4) is 0 Å². The molecule has 0 spiro atoms. The predicted molar refractivity (Wildman–Crippen MR) is 54.7 cm³/mol. The molecule has 15 heavy (non-hydrogen) atoms. The molecule has 0 saturated carbocycles. The minimum atomic E-state index is -0.464. The van der Waals surface area contributed by atoms with Gasteiger partial charge in [0.05, 0.1) is 6.54 Å². The van der Waals surface area contributed by atoms with Crippen LogP contribution >= 0.6 is 0 Å². The van der Waals surface area contributed by atoms with Gasteiger partial charge in [0.25, 0.3) is 0 Å². The van der Waals surface area contributed by atoms with E-state index in [4.69, 9.17) is 0 Å². The summed E-state index contributed by atoms with van der Waals surface area (Å²) in [5.74, 6) is 0. The molecule has 2 aliphatic heterocycles. The number of aliphatic hydroxyl groups is 1. The van der Waals surface area contributed by atoms with Crippen LogP contribution in [0.25, 0.3) is 0 Å². The van der Waals surface area contributed by atoms with Gasteiger partial charge >= 0.3 is 0 Å². The van der Waals surface area contributed by atoms with E-state index in [1.54, 1.807) is 0 Å². The molecular formula is C12H16ClNO. The van der Waals surface area contributed by atoms with Crippen LogP contribution in [0.5, 0.6) is 0 Å². The zero-order valence-electron chi connectivity index (χ0n) is 8.83. The van der Waals surface area contributed by atoms with E-state index in [-0.39, 0.29) is 12.4 Å². The van der Waals surface area contributed by atoms with Crippen molar-refractivity contribution in [3.8, 4) is 0 Å². The minimum absolute atomic E-state index is 0. The van der Waals surface area contributed by atoms with Gasteiger partial charge in [-0.25, -0.2) is 0 Å². The quantitative estimate of drug-likeness (QED) is 0.493. The zero-order valence-corrected chi connectivity index (χ0v) is 9.59. The molecule has 2 N–H and O–H groups in total. The van der Waals surface area contributed by atoms with Gasteiger partial charge in [-0.05, 0) is 13.0 Å². The van der Waals surface area contributed by atoms with Crippen molar-refractivity contribution in [1.29, 1.82) is 0 Å². The van der Waals surface area contributed by atoms with Crippen molar-refractivity contribution in [1.82, 2.24) is 0 Å². The Kier molecular flexibility index (Phi) is 2.53. The minimum Gasteiger partial charge on any atom is -1.00 e. The van der Waals surface area contributed by atoms with Gasteiger partial charge in [0.1, 0.15) is 17.3 Å². The molecule has 0 radical (unpaired) electrons. The van der Waals surface area contributed by atoms with Crippen LogP contribution in [0.15, 0.2) is 24.3 Å². The van der Waals surface area contributed by atoms with Crippen molar-refractivity contribution in [2.75, 3.05) is 6.54 Å². The smallest absolute Gasteiger partial charge is 0.134 e. The highest BCUT2D eigenvalue weighted by atomic mass is 35.5. The lowest BCUT2D eigenvalue weighted by molar-refractivity contribution is -0.843. The normalized spacial score (nSPS) is 36.9. The van der Waals surface area contributed by atoms with E-state index in [9.17, 15) is 5.11 Å². The molecule has 2 aliphatic rings. The molecule has 3 rings (SSSR count). The van der Waals surface area contributed by atoms with Crippen LogP contribution in [-0.4, -0.2) is 23.3 Å². The molecule has 0 amide bonds. The van der Waals surface area contributed by atoms with Gasteiger partial charge in [-0.2, -0.15) is 0 Å². The molecule has 82 valence electrons. The second kappa shape index (κ2) is 3.48. The maximum Gasteiger partial charge on any atom is 0.134 e. The van der Waals surface area contributed by atoms with Crippen molar-refractivity contribution in [2.24, 2.45) is 0 Å². The SMILES string of the molecule is C[C@]1(O)CC[NH+]2c3ccccc3C[C@@H]21.[Cl-]. The zero-order chi connectivity index (χ0) is 9.76. The second-order valence-electron chi connectivity index (χ2n) is 4.80. The first-order valence-electron chi connectivity index (χ1n) is 5.35. The molecule has 0 bridgehead atoms. The predicted octanol–water partition coefficient (Wildman–Crippen LogP) is -2.71. The number of fused-ring (bicyclic) bond motifs is 3. The van der Waals surface area contributed by atoms with Crippen LogP contribution < -0.4 is 17.3 Å². The van der Waals surface area contributed by atoms with E-state index in [0.717, 1.165) is 19.4 Å². The Labute approximate surface area is 96.3 Å². The van der Waals surface area contributed by atoms with Crippen LogP contribution in [0.1, 0.15) is 18.9 Å². The van der Waals surface area contributed by atoms with Crippen LogP contribution in [0.4, 0.5) is 5.69 Å². The van der Waals surface area contributed by atoms with Gasteiger partial charge in [-0.3, -0.25) is 4.90 Å². The molecule has 1 saturated heterocycles. The highest BCUT2D eigenvalue weighted by molar-refractivity contribution is 5.43. The maximum atomic E-state index is 10.2. The van der Waals surface area contributed by atoms with Gasteiger partial charge in [0, 0.05) is 18.4 Å². The third-order valence-electron chi connectivity index (χ3n) is 3.86. The lowest BCUT2D eigenvalue weighted by Crippen LogP contribution is -3.08. The van der Waals surface area contributed by atoms with Crippen molar-refractivity contribution in [3.05, 3.63) is 29.8 Å². The molecule has 1 aromatic rings. The van der Waals surface area contributed by atoms with Gasteiger partial charge in [-0.1, -0.05) is 18.2 Å². The fourth-order valence-corrected chi connectivity index (χ4v) is 3.01. The summed E-state index contributed by atoms with van der Waals surface area (Å²) >= 11 is 0. The number of nitrogens with one attached hydrogen (secondary N) is 1. The maximum absolute atomic E-state index is 10.2. The first-order valence-corrected chi connectivity index (χ1v) is 5.35. The number of hydrogen-bond acceptors (Lipinski definition) is 1. The summed E-state index contributed by atoms with van der Waals surface area (Å²) in [6.07, 6.45) is 1.97. The van der Waals surface area contributed by atoms with E-state index in [2.05, 4.69) is 24.3 Å². The van der Waals surface area contributed by atoms with Crippen molar-refractivity contribution in [3.63, 3.8) is 0 Å². The summed E-state index contributed by atoms with van der Waals surface area (Å²) in [4.78, 5) is 1.49.